The van der Waals surface area contributed by atoms with E-state index in [1.807, 2.05) is 36.4 Å². The van der Waals surface area contributed by atoms with Gasteiger partial charge in [0.05, 0.1) is 12.2 Å². The number of fused-ring (bicyclic) bond motifs is 2. The van der Waals surface area contributed by atoms with Gasteiger partial charge in [0, 0.05) is 11.6 Å². The first-order valence-corrected chi connectivity index (χ1v) is 15.4. The molecule has 1 aliphatic carbocycles. The first kappa shape index (κ1) is 28.0. The zero-order valence-corrected chi connectivity index (χ0v) is 24.6. The summed E-state index contributed by atoms with van der Waals surface area (Å²) in [5.41, 5.74) is 1.45. The maximum atomic E-state index is 11.2. The summed E-state index contributed by atoms with van der Waals surface area (Å²) >= 11 is 0. The number of unbranched alkanes of at least 4 members (excludes halogenated alkanes) is 1. The highest BCUT2D eigenvalue weighted by molar-refractivity contribution is 6.11. The first-order chi connectivity index (χ1) is 20.6. The molecule has 0 saturated heterocycles. The summed E-state index contributed by atoms with van der Waals surface area (Å²) in [6.07, 6.45) is 8.95. The number of benzene rings is 4. The van der Waals surface area contributed by atoms with Crippen LogP contribution >= 0.6 is 0 Å². The highest BCUT2D eigenvalue weighted by Crippen LogP contribution is 2.38. The van der Waals surface area contributed by atoms with Crippen LogP contribution in [0.1, 0.15) is 65.2 Å². The normalized spacial score (nSPS) is 14.4. The van der Waals surface area contributed by atoms with Crippen molar-refractivity contribution < 1.29 is 14.6 Å². The number of rotatable bonds is 11. The Kier molecular flexibility index (Phi) is 8.50. The molecule has 1 fully saturated rings. The smallest absolute Gasteiger partial charge is 0.320 e. The molecule has 0 bridgehead atoms. The molecule has 216 valence electrons. The van der Waals surface area contributed by atoms with E-state index in [9.17, 15) is 5.11 Å². The lowest BCUT2D eigenvalue weighted by molar-refractivity contribution is 0.192. The van der Waals surface area contributed by atoms with Gasteiger partial charge in [-0.3, -0.25) is 0 Å². The summed E-state index contributed by atoms with van der Waals surface area (Å²) in [4.78, 5) is 14.5. The van der Waals surface area contributed by atoms with Crippen LogP contribution < -0.4 is 9.47 Å². The van der Waals surface area contributed by atoms with Crippen LogP contribution in [-0.4, -0.2) is 32.8 Å². The number of phenolic OH excluding ortho intramolecular Hbond substituents is 1. The van der Waals surface area contributed by atoms with Gasteiger partial charge in [-0.2, -0.15) is 9.97 Å². The van der Waals surface area contributed by atoms with Gasteiger partial charge in [-0.1, -0.05) is 81.6 Å². The molecular formula is C36H39N3O3. The minimum atomic E-state index is 0.0702. The quantitative estimate of drug-likeness (QED) is 0.162. The Labute approximate surface area is 247 Å². The van der Waals surface area contributed by atoms with Crippen LogP contribution in [-0.2, 0) is 0 Å². The summed E-state index contributed by atoms with van der Waals surface area (Å²) < 4.78 is 12.4. The molecule has 1 unspecified atom stereocenters. The van der Waals surface area contributed by atoms with Crippen molar-refractivity contribution in [3.63, 3.8) is 0 Å². The van der Waals surface area contributed by atoms with Crippen molar-refractivity contribution in [1.29, 1.82) is 0 Å². The van der Waals surface area contributed by atoms with Crippen molar-refractivity contribution in [3.05, 3.63) is 72.8 Å². The monoisotopic (exact) mass is 561 g/mol. The van der Waals surface area contributed by atoms with E-state index in [2.05, 4.69) is 44.2 Å². The second-order valence-electron chi connectivity index (χ2n) is 11.4. The van der Waals surface area contributed by atoms with Gasteiger partial charge in [0.15, 0.2) is 11.6 Å². The first-order valence-electron chi connectivity index (χ1n) is 15.4. The van der Waals surface area contributed by atoms with Gasteiger partial charge in [-0.15, -0.1) is 0 Å². The lowest BCUT2D eigenvalue weighted by Gasteiger charge is -2.17. The molecule has 0 spiro atoms. The average molecular weight is 562 g/mol. The number of hydrogen-bond acceptors (Lipinski definition) is 6. The van der Waals surface area contributed by atoms with Crippen molar-refractivity contribution >= 4 is 21.5 Å². The number of aromatic hydroxyl groups is 1. The van der Waals surface area contributed by atoms with Crippen molar-refractivity contribution in [2.75, 3.05) is 6.61 Å². The molecule has 1 aliphatic rings. The molecule has 6 heteroatoms. The largest absolute Gasteiger partial charge is 0.507 e. The summed E-state index contributed by atoms with van der Waals surface area (Å²) in [5.74, 6) is 2.12. The molecule has 4 aromatic carbocycles. The van der Waals surface area contributed by atoms with Crippen LogP contribution in [0, 0.1) is 5.92 Å². The molecule has 6 rings (SSSR count). The summed E-state index contributed by atoms with van der Waals surface area (Å²) in [6, 6.07) is 24.5. The summed E-state index contributed by atoms with van der Waals surface area (Å²) in [6.45, 7) is 5.05. The van der Waals surface area contributed by atoms with E-state index in [1.165, 1.54) is 12.8 Å². The molecule has 1 N–H and O–H groups in total. The van der Waals surface area contributed by atoms with Gasteiger partial charge >= 0.3 is 6.01 Å². The highest BCUT2D eigenvalue weighted by atomic mass is 16.5. The Morgan fingerprint density at radius 2 is 1.52 bits per heavy atom. The Morgan fingerprint density at radius 3 is 2.19 bits per heavy atom. The van der Waals surface area contributed by atoms with E-state index in [-0.39, 0.29) is 11.9 Å². The van der Waals surface area contributed by atoms with Crippen molar-refractivity contribution in [2.24, 2.45) is 5.92 Å². The van der Waals surface area contributed by atoms with Gasteiger partial charge in [0.1, 0.15) is 17.6 Å². The predicted octanol–water partition coefficient (Wildman–Crippen LogP) is 9.13. The van der Waals surface area contributed by atoms with E-state index in [0.29, 0.717) is 41.5 Å². The molecule has 0 radical (unpaired) electrons. The lowest BCUT2D eigenvalue weighted by Crippen LogP contribution is -2.14. The van der Waals surface area contributed by atoms with Crippen LogP contribution in [0.3, 0.4) is 0 Å². The van der Waals surface area contributed by atoms with Gasteiger partial charge in [0.2, 0.25) is 0 Å². The molecule has 1 aromatic heterocycles. The molecule has 1 atom stereocenters. The van der Waals surface area contributed by atoms with Gasteiger partial charge < -0.3 is 14.6 Å². The molecule has 42 heavy (non-hydrogen) atoms. The van der Waals surface area contributed by atoms with E-state index >= 15 is 0 Å². The fraction of sp³-hybridized carbons (Fsp3) is 0.361. The second-order valence-corrected chi connectivity index (χ2v) is 11.4. The second kappa shape index (κ2) is 12.8. The molecule has 5 aromatic rings. The third kappa shape index (κ3) is 6.03. The molecule has 1 heterocycles. The Morgan fingerprint density at radius 1 is 0.833 bits per heavy atom. The minimum Gasteiger partial charge on any atom is -0.507 e. The molecule has 1 saturated carbocycles. The number of ether oxygens (including phenoxy) is 2. The summed E-state index contributed by atoms with van der Waals surface area (Å²) in [5, 5.41) is 15.5. The topological polar surface area (TPSA) is 77.4 Å². The predicted molar refractivity (Wildman–Crippen MR) is 169 cm³/mol. The van der Waals surface area contributed by atoms with E-state index in [4.69, 9.17) is 24.4 Å². The third-order valence-corrected chi connectivity index (χ3v) is 8.42. The molecule has 0 aliphatic heterocycles. The van der Waals surface area contributed by atoms with E-state index in [1.54, 1.807) is 6.07 Å². The van der Waals surface area contributed by atoms with Crippen LogP contribution in [0.2, 0.25) is 0 Å². The molecule has 6 nitrogen and oxygen atoms in total. The summed E-state index contributed by atoms with van der Waals surface area (Å²) in [7, 11) is 0. The van der Waals surface area contributed by atoms with Crippen molar-refractivity contribution in [1.82, 2.24) is 15.0 Å². The van der Waals surface area contributed by atoms with Crippen LogP contribution in [0.15, 0.2) is 72.8 Å². The number of aromatic nitrogens is 3. The fourth-order valence-electron chi connectivity index (χ4n) is 5.95. The van der Waals surface area contributed by atoms with E-state index < -0.39 is 0 Å². The van der Waals surface area contributed by atoms with Gasteiger partial charge in [-0.05, 0) is 77.8 Å². The lowest BCUT2D eigenvalue weighted by atomic mass is 9.96. The molecule has 0 amide bonds. The third-order valence-electron chi connectivity index (χ3n) is 8.42. The van der Waals surface area contributed by atoms with Crippen LogP contribution in [0.4, 0.5) is 0 Å². The number of nitrogens with zero attached hydrogens (tertiary/aromatic N) is 3. The maximum absolute atomic E-state index is 11.2. The Hall–Kier alpha value is -4.19. The van der Waals surface area contributed by atoms with E-state index in [0.717, 1.165) is 65.6 Å². The van der Waals surface area contributed by atoms with Gasteiger partial charge in [-0.25, -0.2) is 4.98 Å². The van der Waals surface area contributed by atoms with Crippen molar-refractivity contribution in [2.45, 2.75) is 71.3 Å². The Balaban J connectivity index is 1.42. The average Bonchev–Trinajstić information content (AvgIpc) is 3.53. The number of hydrogen-bond donors (Lipinski definition) is 1. The maximum Gasteiger partial charge on any atom is 0.320 e. The zero-order chi connectivity index (χ0) is 28.9. The molecular weight excluding hydrogens is 522 g/mol. The highest BCUT2D eigenvalue weighted by Gasteiger charge is 2.22. The Bertz CT molecular complexity index is 1630. The SMILES string of the molecule is CCCCC(CC)COc1ccc(-c2nc(OC3CCCC3)nc(-c3c4ccccc4cc4ccccc34)n2)c(O)c1. The van der Waals surface area contributed by atoms with Crippen molar-refractivity contribution in [3.8, 4) is 40.3 Å². The van der Waals surface area contributed by atoms with Crippen LogP contribution in [0.5, 0.6) is 17.5 Å². The zero-order valence-electron chi connectivity index (χ0n) is 24.6. The van der Waals surface area contributed by atoms with Gasteiger partial charge in [0.25, 0.3) is 0 Å². The van der Waals surface area contributed by atoms with Crippen LogP contribution in [0.25, 0.3) is 44.3 Å². The standard InChI is InChI=1S/C36H39N3O3/c1-3-5-12-24(4-2)23-41-28-19-20-31(32(40)22-28)34-37-35(39-36(38-34)42-27-15-8-9-16-27)33-29-17-10-6-13-25(29)21-26-14-7-11-18-30(26)33/h6-7,10-11,13-14,17-22,24,27,40H,3-5,8-9,12,15-16,23H2,1-2H3. The minimum absolute atomic E-state index is 0.0702. The number of phenols is 1. The fourth-order valence-corrected chi connectivity index (χ4v) is 5.95.